The summed E-state index contributed by atoms with van der Waals surface area (Å²) in [5, 5.41) is 0. The number of terminal acetylenes is 1. The van der Waals surface area contributed by atoms with E-state index in [1.54, 1.807) is 7.11 Å². The molecule has 2 aliphatic rings. The van der Waals surface area contributed by atoms with Gasteiger partial charge in [-0.1, -0.05) is 65.8 Å². The minimum atomic E-state index is -0.216. The molecule has 6 rings (SSSR count). The number of benzene rings is 3. The number of aromatic nitrogens is 1. The molecule has 0 saturated carbocycles. The van der Waals surface area contributed by atoms with Gasteiger partial charge in [0.05, 0.1) is 23.4 Å². The highest BCUT2D eigenvalue weighted by Gasteiger charge is 2.32. The molecule has 0 amide bonds. The first-order valence-electron chi connectivity index (χ1n) is 12.1. The predicted octanol–water partition coefficient (Wildman–Crippen LogP) is 4.34. The molecule has 1 aromatic heterocycles. The molecule has 3 aromatic carbocycles. The quantitative estimate of drug-likeness (QED) is 0.380. The van der Waals surface area contributed by atoms with Crippen LogP contribution >= 0.6 is 11.3 Å². The molecule has 0 fully saturated rings. The van der Waals surface area contributed by atoms with Crippen molar-refractivity contribution < 1.29 is 9.47 Å². The second-order valence-corrected chi connectivity index (χ2v) is 9.96. The number of aryl methyl sites for hydroxylation is 1. The summed E-state index contributed by atoms with van der Waals surface area (Å²) in [4.78, 5) is 19.6. The Morgan fingerprint density at radius 3 is 2.57 bits per heavy atom. The van der Waals surface area contributed by atoms with E-state index in [4.69, 9.17) is 20.9 Å². The SMILES string of the molecule is C#CCOc1ccc(/C=c2/sc3n(c2=O)[C@H](c2ccc(OC)cc2)C2=C(N=3)c3ccccc3CC2)cc1. The number of fused-ring (bicyclic) bond motifs is 3. The Kier molecular flexibility index (Phi) is 5.99. The average Bonchev–Trinajstić information content (AvgIpc) is 3.25. The Balaban J connectivity index is 1.52. The van der Waals surface area contributed by atoms with Crippen molar-refractivity contribution >= 4 is 23.1 Å². The Morgan fingerprint density at radius 1 is 1.05 bits per heavy atom. The fourth-order valence-electron chi connectivity index (χ4n) is 5.05. The van der Waals surface area contributed by atoms with Crippen molar-refractivity contribution in [3.63, 3.8) is 0 Å². The molecule has 2 heterocycles. The summed E-state index contributed by atoms with van der Waals surface area (Å²) in [6.07, 6.45) is 8.97. The number of nitrogens with zero attached hydrogens (tertiary/aromatic N) is 2. The van der Waals surface area contributed by atoms with Crippen molar-refractivity contribution in [3.8, 4) is 23.8 Å². The third-order valence-corrected chi connectivity index (χ3v) is 7.79. The molecule has 4 aromatic rings. The molecule has 0 bridgehead atoms. The van der Waals surface area contributed by atoms with Crippen molar-refractivity contribution in [1.29, 1.82) is 0 Å². The molecule has 1 aliphatic heterocycles. The second kappa shape index (κ2) is 9.61. The first-order valence-corrected chi connectivity index (χ1v) is 12.9. The van der Waals surface area contributed by atoms with Gasteiger partial charge in [-0.3, -0.25) is 9.36 Å². The molecule has 0 N–H and O–H groups in total. The monoisotopic (exact) mass is 504 g/mol. The molecule has 182 valence electrons. The Hall–Kier alpha value is -4.34. The number of allylic oxidation sites excluding steroid dienone is 1. The van der Waals surface area contributed by atoms with Crippen LogP contribution in [-0.4, -0.2) is 18.3 Å². The normalized spacial score (nSPS) is 16.2. The lowest BCUT2D eigenvalue weighted by Crippen LogP contribution is -2.38. The molecule has 1 atom stereocenters. The fourth-order valence-corrected chi connectivity index (χ4v) is 6.05. The third-order valence-electron chi connectivity index (χ3n) is 6.80. The van der Waals surface area contributed by atoms with Crippen molar-refractivity contribution in [2.24, 2.45) is 4.99 Å². The average molecular weight is 505 g/mol. The maximum Gasteiger partial charge on any atom is 0.271 e. The minimum Gasteiger partial charge on any atom is -0.497 e. The van der Waals surface area contributed by atoms with Gasteiger partial charge in [-0.25, -0.2) is 4.99 Å². The van der Waals surface area contributed by atoms with Gasteiger partial charge in [0.1, 0.15) is 18.1 Å². The largest absolute Gasteiger partial charge is 0.497 e. The summed E-state index contributed by atoms with van der Waals surface area (Å²) >= 11 is 1.42. The number of hydrogen-bond donors (Lipinski definition) is 0. The highest BCUT2D eigenvalue weighted by atomic mass is 32.1. The van der Waals surface area contributed by atoms with E-state index >= 15 is 0 Å². The number of thiazole rings is 1. The number of ether oxygens (including phenoxy) is 2. The standard InChI is InChI=1S/C31H24N2O3S/c1-3-18-36-24-13-8-20(9-14-24)19-27-30(34)33-29(22-10-15-23(35-2)16-11-22)26-17-12-21-6-4-5-7-25(21)28(26)32-31(33)37-27/h1,4-11,13-16,19,29H,12,17-18H2,2H3/b27-19+/t29-/m1/s1. The van der Waals surface area contributed by atoms with Crippen LogP contribution in [0.5, 0.6) is 11.5 Å². The minimum absolute atomic E-state index is 0.0392. The van der Waals surface area contributed by atoms with E-state index in [0.29, 0.717) is 15.1 Å². The van der Waals surface area contributed by atoms with E-state index in [0.717, 1.165) is 41.0 Å². The van der Waals surface area contributed by atoms with E-state index in [1.165, 1.54) is 22.5 Å². The van der Waals surface area contributed by atoms with E-state index in [1.807, 2.05) is 59.2 Å². The van der Waals surface area contributed by atoms with Gasteiger partial charge in [-0.05, 0) is 65.4 Å². The summed E-state index contributed by atoms with van der Waals surface area (Å²) in [6, 6.07) is 23.8. The predicted molar refractivity (Wildman–Crippen MR) is 147 cm³/mol. The molecule has 0 unspecified atom stereocenters. The van der Waals surface area contributed by atoms with Crippen molar-refractivity contribution in [2.75, 3.05) is 13.7 Å². The number of methoxy groups -OCH3 is 1. The molecular weight excluding hydrogens is 480 g/mol. The van der Waals surface area contributed by atoms with Gasteiger partial charge in [0.25, 0.3) is 5.56 Å². The molecule has 0 saturated heterocycles. The van der Waals surface area contributed by atoms with Crippen LogP contribution in [-0.2, 0) is 6.42 Å². The highest BCUT2D eigenvalue weighted by molar-refractivity contribution is 7.07. The fraction of sp³-hybridized carbons (Fsp3) is 0.161. The van der Waals surface area contributed by atoms with Crippen LogP contribution in [0.25, 0.3) is 11.8 Å². The first kappa shape index (κ1) is 23.1. The molecule has 37 heavy (non-hydrogen) atoms. The van der Waals surface area contributed by atoms with Crippen LogP contribution < -0.4 is 24.4 Å². The van der Waals surface area contributed by atoms with Crippen molar-refractivity contribution in [1.82, 2.24) is 4.57 Å². The Bertz CT molecular complexity index is 1740. The molecular formula is C31H24N2O3S. The first-order chi connectivity index (χ1) is 18.2. The zero-order chi connectivity index (χ0) is 25.4. The Morgan fingerprint density at radius 2 is 1.81 bits per heavy atom. The van der Waals surface area contributed by atoms with Crippen molar-refractivity contribution in [2.45, 2.75) is 18.9 Å². The Labute approximate surface area is 218 Å². The van der Waals surface area contributed by atoms with Gasteiger partial charge in [0.2, 0.25) is 0 Å². The van der Waals surface area contributed by atoms with Gasteiger partial charge in [-0.2, -0.15) is 0 Å². The van der Waals surface area contributed by atoms with Crippen molar-refractivity contribution in [3.05, 3.63) is 120 Å². The summed E-state index contributed by atoms with van der Waals surface area (Å²) in [5.41, 5.74) is 6.54. The van der Waals surface area contributed by atoms with Gasteiger partial charge in [0, 0.05) is 5.56 Å². The van der Waals surface area contributed by atoms with Crippen LogP contribution in [0.1, 0.15) is 34.7 Å². The molecule has 6 heteroatoms. The van der Waals surface area contributed by atoms with Crippen LogP contribution in [0.3, 0.4) is 0 Å². The van der Waals surface area contributed by atoms with Crippen LogP contribution in [0.15, 0.2) is 88.2 Å². The van der Waals surface area contributed by atoms with E-state index in [9.17, 15) is 4.79 Å². The zero-order valence-corrected chi connectivity index (χ0v) is 21.1. The molecule has 5 nitrogen and oxygen atoms in total. The van der Waals surface area contributed by atoms with E-state index in [-0.39, 0.29) is 18.2 Å². The second-order valence-electron chi connectivity index (χ2n) is 8.95. The lowest BCUT2D eigenvalue weighted by molar-refractivity contribution is 0.370. The lowest BCUT2D eigenvalue weighted by Gasteiger charge is -2.30. The molecule has 1 aliphatic carbocycles. The number of rotatable bonds is 5. The maximum absolute atomic E-state index is 13.8. The zero-order valence-electron chi connectivity index (χ0n) is 20.3. The van der Waals surface area contributed by atoms with Gasteiger partial charge < -0.3 is 9.47 Å². The third kappa shape index (κ3) is 4.18. The van der Waals surface area contributed by atoms with Crippen LogP contribution in [0.4, 0.5) is 0 Å². The summed E-state index contributed by atoms with van der Waals surface area (Å²) < 4.78 is 13.4. The van der Waals surface area contributed by atoms with Crippen LogP contribution in [0.2, 0.25) is 0 Å². The van der Waals surface area contributed by atoms with E-state index in [2.05, 4.69) is 30.2 Å². The summed E-state index contributed by atoms with van der Waals surface area (Å²) in [7, 11) is 1.66. The lowest BCUT2D eigenvalue weighted by atomic mass is 9.83. The summed E-state index contributed by atoms with van der Waals surface area (Å²) in [6.45, 7) is 0.219. The van der Waals surface area contributed by atoms with Gasteiger partial charge >= 0.3 is 0 Å². The number of hydrogen-bond acceptors (Lipinski definition) is 5. The van der Waals surface area contributed by atoms with Gasteiger partial charge in [-0.15, -0.1) is 6.42 Å². The smallest absolute Gasteiger partial charge is 0.271 e. The molecule has 0 spiro atoms. The topological polar surface area (TPSA) is 52.8 Å². The highest BCUT2D eigenvalue weighted by Crippen LogP contribution is 2.41. The molecule has 0 radical (unpaired) electrons. The summed E-state index contributed by atoms with van der Waals surface area (Å²) in [5.74, 6) is 3.95. The maximum atomic E-state index is 13.8. The van der Waals surface area contributed by atoms with E-state index < -0.39 is 0 Å². The van der Waals surface area contributed by atoms with Gasteiger partial charge in [0.15, 0.2) is 4.80 Å². The van der Waals surface area contributed by atoms with Crippen LogP contribution in [0, 0.1) is 12.3 Å².